The van der Waals surface area contributed by atoms with Crippen LogP contribution in [0.15, 0.2) is 36.4 Å². The lowest BCUT2D eigenvalue weighted by atomic mass is 10.0. The highest BCUT2D eigenvalue weighted by atomic mass is 35.5. The maximum Gasteiger partial charge on any atom is 0.416 e. The zero-order valence-electron chi connectivity index (χ0n) is 14.7. The van der Waals surface area contributed by atoms with Crippen LogP contribution < -0.4 is 15.5 Å². The highest BCUT2D eigenvalue weighted by Gasteiger charge is 2.40. The molecule has 0 aliphatic carbocycles. The molecular formula is C18H11Cl2F4N3O3. The van der Waals surface area contributed by atoms with Crippen molar-refractivity contribution >= 4 is 52.4 Å². The Morgan fingerprint density at radius 2 is 1.80 bits per heavy atom. The van der Waals surface area contributed by atoms with Crippen molar-refractivity contribution in [2.24, 2.45) is 5.92 Å². The summed E-state index contributed by atoms with van der Waals surface area (Å²) in [6.07, 6.45) is -4.67. The van der Waals surface area contributed by atoms with Gasteiger partial charge in [-0.1, -0.05) is 23.2 Å². The minimum atomic E-state index is -4.67. The van der Waals surface area contributed by atoms with Gasteiger partial charge in [0, 0.05) is 6.54 Å². The lowest BCUT2D eigenvalue weighted by molar-refractivity contribution is -0.137. The van der Waals surface area contributed by atoms with Gasteiger partial charge in [0.05, 0.1) is 27.0 Å². The van der Waals surface area contributed by atoms with Gasteiger partial charge in [-0.3, -0.25) is 9.59 Å². The van der Waals surface area contributed by atoms with E-state index in [1.807, 2.05) is 0 Å². The number of anilines is 2. The molecule has 1 saturated heterocycles. The van der Waals surface area contributed by atoms with Crippen molar-refractivity contribution in [3.05, 3.63) is 57.8 Å². The third-order valence-electron chi connectivity index (χ3n) is 4.21. The third kappa shape index (κ3) is 4.34. The number of imide groups is 1. The van der Waals surface area contributed by atoms with E-state index in [1.54, 1.807) is 0 Å². The Balaban J connectivity index is 1.85. The molecule has 1 unspecified atom stereocenters. The number of nitrogens with zero attached hydrogens (tertiary/aromatic N) is 1. The van der Waals surface area contributed by atoms with Gasteiger partial charge in [0.2, 0.25) is 11.8 Å². The topological polar surface area (TPSA) is 78.5 Å². The Bertz CT molecular complexity index is 1050. The molecule has 0 saturated carbocycles. The average Bonchev–Trinajstić information content (AvgIpc) is 2.65. The van der Waals surface area contributed by atoms with Crippen LogP contribution >= 0.6 is 23.2 Å². The fourth-order valence-corrected chi connectivity index (χ4v) is 3.04. The molecule has 12 heteroatoms. The van der Waals surface area contributed by atoms with Crippen molar-refractivity contribution in [3.8, 4) is 0 Å². The van der Waals surface area contributed by atoms with Gasteiger partial charge in [-0.25, -0.2) is 14.1 Å². The number of alkyl halides is 3. The molecule has 0 aromatic heterocycles. The Kier molecular flexibility index (Phi) is 5.91. The smallest absolute Gasteiger partial charge is 0.336 e. The fraction of sp³-hybridized carbons (Fsp3) is 0.167. The molecule has 1 aliphatic rings. The summed E-state index contributed by atoms with van der Waals surface area (Å²) in [5.74, 6) is -4.21. The molecule has 1 atom stereocenters. The first-order valence-corrected chi connectivity index (χ1v) is 8.99. The van der Waals surface area contributed by atoms with Crippen LogP contribution in [0.3, 0.4) is 0 Å². The van der Waals surface area contributed by atoms with Crippen molar-refractivity contribution in [2.45, 2.75) is 6.18 Å². The van der Waals surface area contributed by atoms with Crippen LogP contribution in [-0.2, 0) is 15.8 Å². The molecule has 2 aromatic carbocycles. The molecule has 1 aliphatic heterocycles. The first kappa shape index (κ1) is 21.8. The summed E-state index contributed by atoms with van der Waals surface area (Å²) >= 11 is 11.5. The number of benzene rings is 2. The number of carbonyl (C=O) groups is 3. The number of nitrogens with one attached hydrogen (secondary N) is 2. The molecule has 6 nitrogen and oxygen atoms in total. The van der Waals surface area contributed by atoms with Crippen LogP contribution in [0.1, 0.15) is 5.56 Å². The number of amides is 4. The number of carbonyl (C=O) groups excluding carboxylic acids is 3. The van der Waals surface area contributed by atoms with E-state index in [1.165, 1.54) is 0 Å². The van der Waals surface area contributed by atoms with E-state index in [0.717, 1.165) is 30.3 Å². The maximum absolute atomic E-state index is 13.4. The van der Waals surface area contributed by atoms with E-state index in [-0.39, 0.29) is 21.4 Å². The zero-order chi connectivity index (χ0) is 22.2. The molecule has 2 N–H and O–H groups in total. The molecule has 1 fully saturated rings. The number of rotatable bonds is 3. The van der Waals surface area contributed by atoms with Crippen LogP contribution in [0.4, 0.5) is 33.7 Å². The lowest BCUT2D eigenvalue weighted by Gasteiger charge is -2.30. The van der Waals surface area contributed by atoms with Crippen molar-refractivity contribution in [2.75, 3.05) is 16.8 Å². The summed E-state index contributed by atoms with van der Waals surface area (Å²) in [5.41, 5.74) is -1.48. The molecule has 1 heterocycles. The zero-order valence-corrected chi connectivity index (χ0v) is 16.2. The largest absolute Gasteiger partial charge is 0.416 e. The Morgan fingerprint density at radius 1 is 1.10 bits per heavy atom. The molecular weight excluding hydrogens is 453 g/mol. The van der Waals surface area contributed by atoms with Gasteiger partial charge >= 0.3 is 12.2 Å². The van der Waals surface area contributed by atoms with E-state index < -0.39 is 47.9 Å². The predicted octanol–water partition coefficient (Wildman–Crippen LogP) is 4.46. The van der Waals surface area contributed by atoms with E-state index in [2.05, 4.69) is 10.6 Å². The molecule has 2 aromatic rings. The van der Waals surface area contributed by atoms with Crippen molar-refractivity contribution < 1.29 is 31.9 Å². The van der Waals surface area contributed by atoms with E-state index in [0.29, 0.717) is 11.0 Å². The van der Waals surface area contributed by atoms with Gasteiger partial charge in [0.15, 0.2) is 0 Å². The Labute approximate surface area is 176 Å². The molecule has 158 valence electrons. The second-order valence-electron chi connectivity index (χ2n) is 6.19. The first-order valence-electron chi connectivity index (χ1n) is 8.23. The van der Waals surface area contributed by atoms with Crippen molar-refractivity contribution in [1.29, 1.82) is 0 Å². The quantitative estimate of drug-likeness (QED) is 0.520. The number of hydrogen-bond acceptors (Lipinski definition) is 3. The average molecular weight is 464 g/mol. The molecule has 0 spiro atoms. The fourth-order valence-electron chi connectivity index (χ4n) is 2.70. The Morgan fingerprint density at radius 3 is 2.43 bits per heavy atom. The maximum atomic E-state index is 13.4. The van der Waals surface area contributed by atoms with Gasteiger partial charge in [-0.2, -0.15) is 13.2 Å². The molecule has 4 amide bonds. The molecule has 3 rings (SSSR count). The van der Waals surface area contributed by atoms with Crippen molar-refractivity contribution in [3.63, 3.8) is 0 Å². The number of urea groups is 1. The number of hydrogen-bond donors (Lipinski definition) is 2. The monoisotopic (exact) mass is 463 g/mol. The second kappa shape index (κ2) is 8.11. The van der Waals surface area contributed by atoms with Crippen LogP contribution in [0.25, 0.3) is 0 Å². The minimum Gasteiger partial charge on any atom is -0.336 e. The normalized spacial score (nSPS) is 17.0. The Hall–Kier alpha value is -2.85. The SMILES string of the molecule is O=C(Nc1cc(C(F)(F)F)ccc1Cl)C1CNC(=O)N(c2ccc(F)c(Cl)c2)C1=O. The van der Waals surface area contributed by atoms with Gasteiger partial charge < -0.3 is 10.6 Å². The molecule has 0 bridgehead atoms. The van der Waals surface area contributed by atoms with Crippen LogP contribution in [-0.4, -0.2) is 24.4 Å². The van der Waals surface area contributed by atoms with Gasteiger partial charge in [0.25, 0.3) is 0 Å². The van der Waals surface area contributed by atoms with Gasteiger partial charge in [-0.05, 0) is 36.4 Å². The van der Waals surface area contributed by atoms with E-state index >= 15 is 0 Å². The predicted molar refractivity (Wildman–Crippen MR) is 101 cm³/mol. The summed E-state index contributed by atoms with van der Waals surface area (Å²) in [6.45, 7) is -0.397. The van der Waals surface area contributed by atoms with E-state index in [9.17, 15) is 31.9 Å². The summed E-state index contributed by atoms with van der Waals surface area (Å²) in [6, 6.07) is 4.53. The molecule has 30 heavy (non-hydrogen) atoms. The lowest BCUT2D eigenvalue weighted by Crippen LogP contribution is -2.58. The summed E-state index contributed by atoms with van der Waals surface area (Å²) in [4.78, 5) is 38.0. The summed E-state index contributed by atoms with van der Waals surface area (Å²) in [5, 5.41) is 3.97. The molecule has 0 radical (unpaired) electrons. The standard InChI is InChI=1S/C18H11Cl2F4N3O3/c19-11-3-1-8(18(22,23)24)5-14(11)26-15(28)10-7-25-17(30)27(16(10)29)9-2-4-13(21)12(20)6-9/h1-6,10H,7H2,(H,25,30)(H,26,28). The van der Waals surface area contributed by atoms with Crippen LogP contribution in [0, 0.1) is 11.7 Å². The first-order chi connectivity index (χ1) is 14.0. The van der Waals surface area contributed by atoms with Gasteiger partial charge in [0.1, 0.15) is 11.7 Å². The van der Waals surface area contributed by atoms with E-state index in [4.69, 9.17) is 23.2 Å². The van der Waals surface area contributed by atoms with Crippen LogP contribution in [0.2, 0.25) is 10.0 Å². The third-order valence-corrected chi connectivity index (χ3v) is 4.83. The number of halogens is 6. The highest BCUT2D eigenvalue weighted by Crippen LogP contribution is 2.34. The summed E-state index contributed by atoms with van der Waals surface area (Å²) in [7, 11) is 0. The van der Waals surface area contributed by atoms with Crippen LogP contribution in [0.5, 0.6) is 0 Å². The van der Waals surface area contributed by atoms with Gasteiger partial charge in [-0.15, -0.1) is 0 Å². The van der Waals surface area contributed by atoms with Crippen molar-refractivity contribution in [1.82, 2.24) is 5.32 Å². The summed E-state index contributed by atoms with van der Waals surface area (Å²) < 4.78 is 52.1. The minimum absolute atomic E-state index is 0.0847. The highest BCUT2D eigenvalue weighted by molar-refractivity contribution is 6.34. The second-order valence-corrected chi connectivity index (χ2v) is 7.01.